The molecule has 0 unspecified atom stereocenters. The first-order chi connectivity index (χ1) is 17.9. The largest absolute Gasteiger partial charge is 0.463 e. The molecule has 0 atom stereocenters. The molecule has 7 heteroatoms. The van der Waals surface area contributed by atoms with Gasteiger partial charge in [-0.25, -0.2) is 9.18 Å². The molecule has 0 aliphatic carbocycles. The van der Waals surface area contributed by atoms with Crippen molar-refractivity contribution in [1.82, 2.24) is 4.90 Å². The molecular weight excluding hydrogens is 469 g/mol. The van der Waals surface area contributed by atoms with Crippen molar-refractivity contribution in [3.05, 3.63) is 112 Å². The Labute approximate surface area is 215 Å². The van der Waals surface area contributed by atoms with Gasteiger partial charge in [0.25, 0.3) is 0 Å². The summed E-state index contributed by atoms with van der Waals surface area (Å²) in [4.78, 5) is 26.6. The molecular formula is C30H26FN3O3. The van der Waals surface area contributed by atoms with Crippen LogP contribution in [0.2, 0.25) is 0 Å². The Morgan fingerprint density at radius 2 is 1.54 bits per heavy atom. The first-order valence-electron chi connectivity index (χ1n) is 11.8. The topological polar surface area (TPSA) is 94.2 Å². The van der Waals surface area contributed by atoms with Gasteiger partial charge >= 0.3 is 5.97 Å². The van der Waals surface area contributed by atoms with Gasteiger partial charge in [0.05, 0.1) is 29.9 Å². The third-order valence-corrected chi connectivity index (χ3v) is 5.72. The van der Waals surface area contributed by atoms with Crippen LogP contribution in [0.15, 0.2) is 72.8 Å². The molecule has 0 N–H and O–H groups in total. The second-order valence-corrected chi connectivity index (χ2v) is 8.23. The van der Waals surface area contributed by atoms with Crippen molar-refractivity contribution in [1.29, 1.82) is 10.5 Å². The number of ether oxygens (including phenoxy) is 1. The van der Waals surface area contributed by atoms with Crippen molar-refractivity contribution >= 4 is 18.0 Å². The van der Waals surface area contributed by atoms with Crippen LogP contribution in [-0.4, -0.2) is 23.4 Å². The molecule has 0 fully saturated rings. The predicted octanol–water partition coefficient (Wildman–Crippen LogP) is 5.31. The number of carbonyl (C=O) groups is 2. The van der Waals surface area contributed by atoms with Gasteiger partial charge in [-0.05, 0) is 60.4 Å². The lowest BCUT2D eigenvalue weighted by molar-refractivity contribution is -0.137. The number of nitriles is 2. The van der Waals surface area contributed by atoms with Gasteiger partial charge in [0.2, 0.25) is 5.91 Å². The minimum atomic E-state index is -0.562. The predicted molar refractivity (Wildman–Crippen MR) is 137 cm³/mol. The molecule has 0 bridgehead atoms. The SMILES string of the molecule is CCOC(=O)/C=C/c1cc(CCC(=O)N(Cc2ccccc2C#N)Cc2ccccc2C#N)ccc1F. The summed E-state index contributed by atoms with van der Waals surface area (Å²) in [7, 11) is 0. The van der Waals surface area contributed by atoms with E-state index in [1.165, 1.54) is 12.1 Å². The van der Waals surface area contributed by atoms with E-state index >= 15 is 0 Å². The molecule has 3 rings (SSSR count). The average molecular weight is 496 g/mol. The molecule has 3 aromatic rings. The van der Waals surface area contributed by atoms with E-state index in [1.54, 1.807) is 60.4 Å². The zero-order valence-corrected chi connectivity index (χ0v) is 20.5. The minimum Gasteiger partial charge on any atom is -0.463 e. The number of nitrogens with zero attached hydrogens (tertiary/aromatic N) is 3. The number of aryl methyl sites for hydroxylation is 1. The standard InChI is InChI=1S/C30H26FN3O3/c1-2-37-30(36)16-13-23-17-22(11-14-28(23)31)12-15-29(35)34(20-26-9-5-3-7-24(26)18-32)21-27-10-6-4-8-25(27)19-33/h3-11,13-14,16-17H,2,12,15,20-21H2,1H3/b16-13+. The molecule has 0 saturated carbocycles. The van der Waals surface area contributed by atoms with E-state index in [1.807, 2.05) is 12.1 Å². The molecule has 6 nitrogen and oxygen atoms in total. The number of hydrogen-bond donors (Lipinski definition) is 0. The summed E-state index contributed by atoms with van der Waals surface area (Å²) in [6.07, 6.45) is 2.99. The van der Waals surface area contributed by atoms with Crippen LogP contribution in [0.5, 0.6) is 0 Å². The Bertz CT molecular complexity index is 1330. The summed E-state index contributed by atoms with van der Waals surface area (Å²) in [5, 5.41) is 19.0. The van der Waals surface area contributed by atoms with E-state index in [2.05, 4.69) is 12.1 Å². The van der Waals surface area contributed by atoms with Crippen LogP contribution in [0.25, 0.3) is 6.08 Å². The van der Waals surface area contributed by atoms with Gasteiger partial charge in [0.1, 0.15) is 5.82 Å². The maximum atomic E-state index is 14.2. The van der Waals surface area contributed by atoms with Crippen molar-refractivity contribution in [3.8, 4) is 12.1 Å². The fraction of sp³-hybridized carbons (Fsp3) is 0.200. The summed E-state index contributed by atoms with van der Waals surface area (Å²) in [6.45, 7) is 2.33. The van der Waals surface area contributed by atoms with E-state index in [0.717, 1.165) is 11.6 Å². The Morgan fingerprint density at radius 3 is 2.11 bits per heavy atom. The lowest BCUT2D eigenvalue weighted by Gasteiger charge is -2.24. The van der Waals surface area contributed by atoms with Gasteiger partial charge in [-0.1, -0.05) is 42.5 Å². The highest BCUT2D eigenvalue weighted by Gasteiger charge is 2.18. The number of amides is 1. The Morgan fingerprint density at radius 1 is 0.946 bits per heavy atom. The molecule has 0 saturated heterocycles. The second kappa shape index (κ2) is 13.4. The number of rotatable bonds is 10. The minimum absolute atomic E-state index is 0.135. The number of halogens is 1. The van der Waals surface area contributed by atoms with Crippen LogP contribution >= 0.6 is 0 Å². The molecule has 1 amide bonds. The molecule has 0 aliphatic rings. The lowest BCUT2D eigenvalue weighted by atomic mass is 10.0. The second-order valence-electron chi connectivity index (χ2n) is 8.23. The Kier molecular flexibility index (Phi) is 9.70. The van der Waals surface area contributed by atoms with Crippen LogP contribution in [0.3, 0.4) is 0 Å². The summed E-state index contributed by atoms with van der Waals surface area (Å²) in [6, 6.07) is 23.0. The number of hydrogen-bond acceptors (Lipinski definition) is 5. The summed E-state index contributed by atoms with van der Waals surface area (Å²) >= 11 is 0. The number of esters is 1. The summed E-state index contributed by atoms with van der Waals surface area (Å²) < 4.78 is 19.1. The fourth-order valence-corrected chi connectivity index (χ4v) is 3.81. The van der Waals surface area contributed by atoms with Crippen molar-refractivity contribution in [2.75, 3.05) is 6.61 Å². The maximum absolute atomic E-state index is 14.2. The first kappa shape index (κ1) is 26.8. The molecule has 3 aromatic carbocycles. The van der Waals surface area contributed by atoms with Crippen LogP contribution in [-0.2, 0) is 33.8 Å². The van der Waals surface area contributed by atoms with Gasteiger partial charge < -0.3 is 9.64 Å². The zero-order valence-electron chi connectivity index (χ0n) is 20.5. The van der Waals surface area contributed by atoms with Gasteiger partial charge in [-0.2, -0.15) is 10.5 Å². The van der Waals surface area contributed by atoms with Crippen molar-refractivity contribution in [3.63, 3.8) is 0 Å². The molecule has 0 spiro atoms. The van der Waals surface area contributed by atoms with Crippen LogP contribution in [0, 0.1) is 28.5 Å². The van der Waals surface area contributed by atoms with Gasteiger partial charge in [0, 0.05) is 31.1 Å². The summed E-state index contributed by atoms with van der Waals surface area (Å²) in [5.41, 5.74) is 3.33. The van der Waals surface area contributed by atoms with Gasteiger partial charge in [0.15, 0.2) is 0 Å². The van der Waals surface area contributed by atoms with E-state index in [0.29, 0.717) is 28.7 Å². The number of benzene rings is 3. The highest BCUT2D eigenvalue weighted by atomic mass is 19.1. The molecule has 0 heterocycles. The van der Waals surface area contributed by atoms with Crippen molar-refractivity contribution in [2.45, 2.75) is 32.9 Å². The Balaban J connectivity index is 1.80. The zero-order chi connectivity index (χ0) is 26.6. The van der Waals surface area contributed by atoms with Gasteiger partial charge in [-0.3, -0.25) is 4.79 Å². The van der Waals surface area contributed by atoms with E-state index in [4.69, 9.17) is 4.74 Å². The van der Waals surface area contributed by atoms with Crippen LogP contribution in [0.1, 0.15) is 46.7 Å². The molecule has 0 aromatic heterocycles. The van der Waals surface area contributed by atoms with Crippen molar-refractivity contribution in [2.24, 2.45) is 0 Å². The molecule has 37 heavy (non-hydrogen) atoms. The van der Waals surface area contributed by atoms with E-state index in [9.17, 15) is 24.5 Å². The van der Waals surface area contributed by atoms with Crippen molar-refractivity contribution < 1.29 is 18.7 Å². The van der Waals surface area contributed by atoms with E-state index < -0.39 is 11.8 Å². The van der Waals surface area contributed by atoms with Crippen LogP contribution < -0.4 is 0 Å². The number of carbonyl (C=O) groups excluding carboxylic acids is 2. The third-order valence-electron chi connectivity index (χ3n) is 5.72. The fourth-order valence-electron chi connectivity index (χ4n) is 3.81. The lowest BCUT2D eigenvalue weighted by Crippen LogP contribution is -2.31. The average Bonchev–Trinajstić information content (AvgIpc) is 2.92. The highest BCUT2D eigenvalue weighted by molar-refractivity contribution is 5.87. The highest BCUT2D eigenvalue weighted by Crippen LogP contribution is 2.19. The molecule has 0 radical (unpaired) electrons. The van der Waals surface area contributed by atoms with E-state index in [-0.39, 0.29) is 37.6 Å². The van der Waals surface area contributed by atoms with Gasteiger partial charge in [-0.15, -0.1) is 0 Å². The summed E-state index contributed by atoms with van der Waals surface area (Å²) in [5.74, 6) is -1.22. The molecule has 186 valence electrons. The van der Waals surface area contributed by atoms with Crippen LogP contribution in [0.4, 0.5) is 4.39 Å². The quantitative estimate of drug-likeness (QED) is 0.281. The maximum Gasteiger partial charge on any atom is 0.330 e. The Hall–Kier alpha value is -4.75. The third kappa shape index (κ3) is 7.62. The molecule has 0 aliphatic heterocycles. The monoisotopic (exact) mass is 495 g/mol. The smallest absolute Gasteiger partial charge is 0.330 e. The normalized spacial score (nSPS) is 10.5. The first-order valence-corrected chi connectivity index (χ1v) is 11.8.